The molecule has 0 spiro atoms. The zero-order chi connectivity index (χ0) is 20.6. The van der Waals surface area contributed by atoms with Crippen molar-refractivity contribution in [3.05, 3.63) is 40.6 Å². The molecule has 0 unspecified atom stereocenters. The molecule has 0 atom stereocenters. The molecular weight excluding hydrogens is 436 g/mol. The maximum Gasteiger partial charge on any atom is 0.329 e. The van der Waals surface area contributed by atoms with Gasteiger partial charge in [0.2, 0.25) is 0 Å². The number of hydrogen-bond donors (Lipinski definition) is 1. The predicted octanol–water partition coefficient (Wildman–Crippen LogP) is 4.41. The average molecular weight is 465 g/mol. The molecule has 1 aliphatic carbocycles. The third kappa shape index (κ3) is 6.14. The van der Waals surface area contributed by atoms with E-state index in [1.807, 2.05) is 18.2 Å². The topological polar surface area (TPSA) is 73.6 Å². The van der Waals surface area contributed by atoms with E-state index >= 15 is 0 Å². The number of carbonyl (C=O) groups is 1. The van der Waals surface area contributed by atoms with Crippen LogP contribution in [0.4, 0.5) is 0 Å². The molecule has 0 saturated heterocycles. The van der Waals surface area contributed by atoms with Gasteiger partial charge in [0.05, 0.1) is 13.2 Å². The number of aliphatic carboxylic acids is 1. The van der Waals surface area contributed by atoms with Crippen molar-refractivity contribution in [2.75, 3.05) is 26.9 Å². The molecule has 0 bridgehead atoms. The van der Waals surface area contributed by atoms with Crippen LogP contribution in [0.5, 0.6) is 0 Å². The Morgan fingerprint density at radius 3 is 2.55 bits per heavy atom. The van der Waals surface area contributed by atoms with Crippen LogP contribution in [0.15, 0.2) is 34.9 Å². The molecule has 3 rings (SSSR count). The fourth-order valence-corrected chi connectivity index (χ4v) is 4.75. The molecule has 7 heteroatoms. The highest BCUT2D eigenvalue weighted by atomic mass is 79.9. The minimum Gasteiger partial charge on any atom is -0.480 e. The smallest absolute Gasteiger partial charge is 0.329 e. The Labute approximate surface area is 180 Å². The first kappa shape index (κ1) is 22.0. The molecule has 2 aromatic rings. The molecule has 6 nitrogen and oxygen atoms in total. The average Bonchev–Trinajstić information content (AvgIpc) is 3.02. The van der Waals surface area contributed by atoms with Crippen LogP contribution >= 0.6 is 15.9 Å². The van der Waals surface area contributed by atoms with Gasteiger partial charge in [-0.3, -0.25) is 4.68 Å². The lowest BCUT2D eigenvalue weighted by molar-refractivity contribution is -0.142. The van der Waals surface area contributed by atoms with Gasteiger partial charge >= 0.3 is 5.97 Å². The third-order valence-corrected chi connectivity index (χ3v) is 6.15. The SMILES string of the molecule is COCCc1c(-c2ccccc2)c(Br)nn1CC1CCC(COCC(=O)O)CC1. The summed E-state index contributed by atoms with van der Waals surface area (Å²) < 4.78 is 13.7. The van der Waals surface area contributed by atoms with Crippen molar-refractivity contribution in [2.24, 2.45) is 11.8 Å². The van der Waals surface area contributed by atoms with Crippen LogP contribution in [0.1, 0.15) is 31.4 Å². The quantitative estimate of drug-likeness (QED) is 0.563. The second kappa shape index (κ2) is 10.9. The lowest BCUT2D eigenvalue weighted by Gasteiger charge is -2.28. The number of methoxy groups -OCH3 is 1. The van der Waals surface area contributed by atoms with Gasteiger partial charge in [0.25, 0.3) is 0 Å². The lowest BCUT2D eigenvalue weighted by atomic mass is 9.82. The van der Waals surface area contributed by atoms with Gasteiger partial charge in [0.15, 0.2) is 0 Å². The number of carboxylic acid groups (broad SMARTS) is 1. The number of hydrogen-bond acceptors (Lipinski definition) is 4. The van der Waals surface area contributed by atoms with E-state index in [0.29, 0.717) is 25.0 Å². The molecule has 1 N–H and O–H groups in total. The van der Waals surface area contributed by atoms with E-state index in [0.717, 1.165) is 54.4 Å². The predicted molar refractivity (Wildman–Crippen MR) is 115 cm³/mol. The lowest BCUT2D eigenvalue weighted by Crippen LogP contribution is -2.24. The van der Waals surface area contributed by atoms with Crippen molar-refractivity contribution in [1.29, 1.82) is 0 Å². The molecule has 1 aromatic heterocycles. The van der Waals surface area contributed by atoms with Gasteiger partial charge in [0, 0.05) is 31.3 Å². The number of rotatable bonds is 10. The normalized spacial score (nSPS) is 19.4. The summed E-state index contributed by atoms with van der Waals surface area (Å²) >= 11 is 3.67. The van der Waals surface area contributed by atoms with E-state index in [1.54, 1.807) is 7.11 Å². The number of nitrogens with zero attached hydrogens (tertiary/aromatic N) is 2. The number of ether oxygens (including phenoxy) is 2. The Kier molecular flexibility index (Phi) is 8.27. The van der Waals surface area contributed by atoms with Crippen LogP contribution in [0.3, 0.4) is 0 Å². The van der Waals surface area contributed by atoms with Gasteiger partial charge < -0.3 is 14.6 Å². The highest BCUT2D eigenvalue weighted by Gasteiger charge is 2.25. The highest BCUT2D eigenvalue weighted by molar-refractivity contribution is 9.10. The van der Waals surface area contributed by atoms with Crippen molar-refractivity contribution in [3.8, 4) is 11.1 Å². The van der Waals surface area contributed by atoms with E-state index in [9.17, 15) is 4.79 Å². The van der Waals surface area contributed by atoms with Crippen LogP contribution in [0.25, 0.3) is 11.1 Å². The first-order valence-corrected chi connectivity index (χ1v) is 11.0. The van der Waals surface area contributed by atoms with Gasteiger partial charge in [-0.05, 0) is 59.0 Å². The second-order valence-electron chi connectivity index (χ2n) is 7.70. The third-order valence-electron chi connectivity index (χ3n) is 5.60. The Morgan fingerprint density at radius 2 is 1.90 bits per heavy atom. The molecule has 1 aliphatic rings. The molecule has 1 saturated carbocycles. The van der Waals surface area contributed by atoms with Crippen LogP contribution < -0.4 is 0 Å². The van der Waals surface area contributed by atoms with Gasteiger partial charge in [0.1, 0.15) is 11.2 Å². The number of benzene rings is 1. The van der Waals surface area contributed by atoms with Gasteiger partial charge in [-0.15, -0.1) is 0 Å². The standard InChI is InChI=1S/C22H29BrN2O4/c1-28-12-11-19-21(18-5-3-2-4-6-18)22(23)24-25(19)13-16-7-9-17(10-8-16)14-29-15-20(26)27/h2-6,16-17H,7-15H2,1H3,(H,26,27). The second-order valence-corrected chi connectivity index (χ2v) is 8.45. The Balaban J connectivity index is 1.66. The van der Waals surface area contributed by atoms with E-state index in [4.69, 9.17) is 19.7 Å². The summed E-state index contributed by atoms with van der Waals surface area (Å²) in [5.41, 5.74) is 3.52. The van der Waals surface area contributed by atoms with Crippen LogP contribution in [0, 0.1) is 11.8 Å². The van der Waals surface area contributed by atoms with Crippen molar-refractivity contribution < 1.29 is 19.4 Å². The summed E-state index contributed by atoms with van der Waals surface area (Å²) in [7, 11) is 1.73. The monoisotopic (exact) mass is 464 g/mol. The van der Waals surface area contributed by atoms with Crippen molar-refractivity contribution in [2.45, 2.75) is 38.6 Å². The molecular formula is C22H29BrN2O4. The number of halogens is 1. The largest absolute Gasteiger partial charge is 0.480 e. The number of carboxylic acids is 1. The molecule has 0 aliphatic heterocycles. The molecule has 158 valence electrons. The Hall–Kier alpha value is -1.70. The molecule has 1 aromatic carbocycles. The van der Waals surface area contributed by atoms with Gasteiger partial charge in [-0.2, -0.15) is 5.10 Å². The fraction of sp³-hybridized carbons (Fsp3) is 0.545. The van der Waals surface area contributed by atoms with Crippen LogP contribution in [0.2, 0.25) is 0 Å². The summed E-state index contributed by atoms with van der Waals surface area (Å²) in [4.78, 5) is 10.6. The highest BCUT2D eigenvalue weighted by Crippen LogP contribution is 2.35. The molecule has 0 radical (unpaired) electrons. The Bertz CT molecular complexity index is 786. The van der Waals surface area contributed by atoms with E-state index < -0.39 is 5.97 Å². The van der Waals surface area contributed by atoms with Gasteiger partial charge in [-0.1, -0.05) is 30.3 Å². The minimum atomic E-state index is -0.902. The molecule has 29 heavy (non-hydrogen) atoms. The fourth-order valence-electron chi connectivity index (χ4n) is 4.10. The number of aromatic nitrogens is 2. The molecule has 1 fully saturated rings. The van der Waals surface area contributed by atoms with Crippen molar-refractivity contribution >= 4 is 21.9 Å². The van der Waals surface area contributed by atoms with Crippen LogP contribution in [-0.4, -0.2) is 47.8 Å². The zero-order valence-corrected chi connectivity index (χ0v) is 18.4. The minimum absolute atomic E-state index is 0.202. The first-order chi connectivity index (χ1) is 14.1. The van der Waals surface area contributed by atoms with Crippen molar-refractivity contribution in [3.63, 3.8) is 0 Å². The molecule has 1 heterocycles. The van der Waals surface area contributed by atoms with Gasteiger partial charge in [-0.25, -0.2) is 4.79 Å². The summed E-state index contributed by atoms with van der Waals surface area (Å²) in [5, 5.41) is 13.5. The zero-order valence-electron chi connectivity index (χ0n) is 16.8. The van der Waals surface area contributed by atoms with E-state index in [-0.39, 0.29) is 6.61 Å². The summed E-state index contributed by atoms with van der Waals surface area (Å²) in [6.07, 6.45) is 5.20. The molecule has 0 amide bonds. The Morgan fingerprint density at radius 1 is 1.21 bits per heavy atom. The maximum absolute atomic E-state index is 10.6. The summed E-state index contributed by atoms with van der Waals surface area (Å²) in [6, 6.07) is 10.4. The van der Waals surface area contributed by atoms with E-state index in [2.05, 4.69) is 32.7 Å². The first-order valence-electron chi connectivity index (χ1n) is 10.2. The summed E-state index contributed by atoms with van der Waals surface area (Å²) in [6.45, 7) is 1.90. The van der Waals surface area contributed by atoms with Crippen LogP contribution in [-0.2, 0) is 27.2 Å². The summed E-state index contributed by atoms with van der Waals surface area (Å²) in [5.74, 6) is 0.131. The van der Waals surface area contributed by atoms with E-state index in [1.165, 1.54) is 5.69 Å². The maximum atomic E-state index is 10.6. The van der Waals surface area contributed by atoms with Crippen molar-refractivity contribution in [1.82, 2.24) is 9.78 Å².